The monoisotopic (exact) mass is 289 g/mol. The average Bonchev–Trinajstić information content (AvgIpc) is 2.74. The van der Waals surface area contributed by atoms with Crippen LogP contribution in [-0.2, 0) is 4.79 Å². The van der Waals surface area contributed by atoms with Crippen molar-refractivity contribution >= 4 is 22.2 Å². The topological polar surface area (TPSA) is 38.3 Å². The van der Waals surface area contributed by atoms with Crippen molar-refractivity contribution in [3.8, 4) is 5.75 Å². The average molecular weight is 289 g/mol. The summed E-state index contributed by atoms with van der Waals surface area (Å²) in [5, 5.41) is 3.85. The molecule has 1 N–H and O–H groups in total. The Hall–Kier alpha value is -1.81. The molecule has 106 valence electrons. The van der Waals surface area contributed by atoms with Gasteiger partial charge in [-0.25, -0.2) is 0 Å². The Kier molecular flexibility index (Phi) is 5.18. The molecule has 0 spiro atoms. The molecular formula is C16H19NO2S. The van der Waals surface area contributed by atoms with Crippen molar-refractivity contribution in [1.29, 1.82) is 0 Å². The van der Waals surface area contributed by atoms with Gasteiger partial charge in [0.25, 0.3) is 0 Å². The summed E-state index contributed by atoms with van der Waals surface area (Å²) in [6.07, 6.45) is 1.19. The summed E-state index contributed by atoms with van der Waals surface area (Å²) in [5.74, 6) is 0.889. The highest BCUT2D eigenvalue weighted by Crippen LogP contribution is 2.25. The van der Waals surface area contributed by atoms with Gasteiger partial charge >= 0.3 is 0 Å². The van der Waals surface area contributed by atoms with Gasteiger partial charge in [-0.05, 0) is 44.0 Å². The number of anilines is 1. The first kappa shape index (κ1) is 14.6. The molecule has 1 heterocycles. The van der Waals surface area contributed by atoms with E-state index in [1.54, 1.807) is 11.3 Å². The third kappa shape index (κ3) is 4.38. The zero-order valence-electron chi connectivity index (χ0n) is 11.8. The summed E-state index contributed by atoms with van der Waals surface area (Å²) in [6.45, 7) is 4.67. The fraction of sp³-hybridized carbons (Fsp3) is 0.312. The molecular weight excluding hydrogens is 270 g/mol. The van der Waals surface area contributed by atoms with E-state index in [0.29, 0.717) is 19.4 Å². The molecule has 1 aromatic heterocycles. The van der Waals surface area contributed by atoms with Crippen molar-refractivity contribution in [3.05, 3.63) is 46.8 Å². The second-order valence-corrected chi connectivity index (χ2v) is 5.92. The Bertz CT molecular complexity index is 544. The number of rotatable bonds is 6. The van der Waals surface area contributed by atoms with Gasteiger partial charge in [-0.2, -0.15) is 0 Å². The number of ether oxygens (including phenoxy) is 1. The fourth-order valence-electron chi connectivity index (χ4n) is 1.77. The van der Waals surface area contributed by atoms with E-state index in [0.717, 1.165) is 10.8 Å². The van der Waals surface area contributed by atoms with Crippen LogP contribution in [0.1, 0.15) is 23.3 Å². The van der Waals surface area contributed by atoms with E-state index in [-0.39, 0.29) is 5.91 Å². The molecule has 0 radical (unpaired) electrons. The van der Waals surface area contributed by atoms with Gasteiger partial charge in [0.15, 0.2) is 0 Å². The molecule has 1 aromatic carbocycles. The van der Waals surface area contributed by atoms with Crippen molar-refractivity contribution < 1.29 is 9.53 Å². The number of nitrogens with one attached hydrogen (secondary N) is 1. The first-order chi connectivity index (χ1) is 9.65. The lowest BCUT2D eigenvalue weighted by Gasteiger charge is -2.05. The molecule has 3 nitrogen and oxygen atoms in total. The van der Waals surface area contributed by atoms with Crippen LogP contribution in [0.5, 0.6) is 5.75 Å². The fourth-order valence-corrected chi connectivity index (χ4v) is 2.72. The highest BCUT2D eigenvalue weighted by Gasteiger charge is 2.06. The van der Waals surface area contributed by atoms with Gasteiger partial charge in [0.2, 0.25) is 5.91 Å². The second-order valence-electron chi connectivity index (χ2n) is 4.66. The number of benzene rings is 1. The number of carbonyl (C=O) groups excluding carboxylic acids is 1. The normalized spacial score (nSPS) is 10.3. The number of hydrogen-bond donors (Lipinski definition) is 1. The van der Waals surface area contributed by atoms with E-state index in [1.165, 1.54) is 10.4 Å². The van der Waals surface area contributed by atoms with Gasteiger partial charge in [0.1, 0.15) is 5.75 Å². The molecule has 2 rings (SSSR count). The maximum absolute atomic E-state index is 11.8. The van der Waals surface area contributed by atoms with Crippen molar-refractivity contribution in [2.45, 2.75) is 26.7 Å². The molecule has 20 heavy (non-hydrogen) atoms. The van der Waals surface area contributed by atoms with Crippen LogP contribution in [0.2, 0.25) is 0 Å². The second kappa shape index (κ2) is 7.10. The summed E-state index contributed by atoms with van der Waals surface area (Å²) < 4.78 is 5.55. The molecule has 0 aliphatic carbocycles. The minimum Gasteiger partial charge on any atom is -0.494 e. The molecule has 0 atom stereocenters. The predicted octanol–water partition coefficient (Wildman–Crippen LogP) is 4.16. The van der Waals surface area contributed by atoms with Gasteiger partial charge in [0, 0.05) is 11.3 Å². The van der Waals surface area contributed by atoms with Gasteiger partial charge in [-0.15, -0.1) is 11.3 Å². The van der Waals surface area contributed by atoms with Crippen molar-refractivity contribution in [2.75, 3.05) is 11.9 Å². The number of aryl methyl sites for hydroxylation is 2. The Labute approximate surface area is 123 Å². The quantitative estimate of drug-likeness (QED) is 0.811. The molecule has 0 aliphatic rings. The number of amides is 1. The molecule has 0 fully saturated rings. The third-order valence-corrected chi connectivity index (χ3v) is 4.06. The van der Waals surface area contributed by atoms with Crippen LogP contribution >= 0.6 is 11.3 Å². The summed E-state index contributed by atoms with van der Waals surface area (Å²) in [4.78, 5) is 13.0. The van der Waals surface area contributed by atoms with E-state index in [1.807, 2.05) is 36.4 Å². The molecule has 0 saturated heterocycles. The van der Waals surface area contributed by atoms with E-state index in [9.17, 15) is 4.79 Å². The number of thiophene rings is 1. The van der Waals surface area contributed by atoms with Crippen LogP contribution in [0.4, 0.5) is 5.00 Å². The molecule has 0 unspecified atom stereocenters. The zero-order chi connectivity index (χ0) is 14.4. The Morgan fingerprint density at radius 2 is 2.00 bits per heavy atom. The SMILES string of the molecule is Cc1cc(NC(=O)CCCOc2ccccc2)sc1C. The number of hydrogen-bond acceptors (Lipinski definition) is 3. The van der Waals surface area contributed by atoms with Crippen LogP contribution in [0.25, 0.3) is 0 Å². The number of carbonyl (C=O) groups is 1. The first-order valence-corrected chi connectivity index (χ1v) is 7.51. The minimum absolute atomic E-state index is 0.0444. The van der Waals surface area contributed by atoms with Crippen LogP contribution < -0.4 is 10.1 Å². The molecule has 0 bridgehead atoms. The zero-order valence-corrected chi connectivity index (χ0v) is 12.6. The molecule has 0 saturated carbocycles. The van der Waals surface area contributed by atoms with E-state index >= 15 is 0 Å². The van der Waals surface area contributed by atoms with E-state index < -0.39 is 0 Å². The Balaban J connectivity index is 1.68. The third-order valence-electron chi connectivity index (χ3n) is 2.99. The standard InChI is InChI=1S/C16H19NO2S/c1-12-11-16(20-13(12)2)17-15(18)9-6-10-19-14-7-4-3-5-8-14/h3-5,7-8,11H,6,9-10H2,1-2H3,(H,17,18). The number of para-hydroxylation sites is 1. The maximum Gasteiger partial charge on any atom is 0.225 e. The lowest BCUT2D eigenvalue weighted by atomic mass is 10.3. The van der Waals surface area contributed by atoms with Gasteiger partial charge in [-0.3, -0.25) is 4.79 Å². The highest BCUT2D eigenvalue weighted by atomic mass is 32.1. The molecule has 2 aromatic rings. The summed E-state index contributed by atoms with van der Waals surface area (Å²) in [6, 6.07) is 11.7. The Morgan fingerprint density at radius 1 is 1.25 bits per heavy atom. The minimum atomic E-state index is 0.0444. The van der Waals surface area contributed by atoms with Gasteiger partial charge in [0.05, 0.1) is 11.6 Å². The maximum atomic E-state index is 11.8. The first-order valence-electron chi connectivity index (χ1n) is 6.70. The predicted molar refractivity (Wildman–Crippen MR) is 83.6 cm³/mol. The van der Waals surface area contributed by atoms with Crippen LogP contribution in [0.3, 0.4) is 0 Å². The van der Waals surface area contributed by atoms with Crippen LogP contribution in [0.15, 0.2) is 36.4 Å². The summed E-state index contributed by atoms with van der Waals surface area (Å²) in [5.41, 5.74) is 1.22. The van der Waals surface area contributed by atoms with Crippen molar-refractivity contribution in [1.82, 2.24) is 0 Å². The highest BCUT2D eigenvalue weighted by molar-refractivity contribution is 7.16. The largest absolute Gasteiger partial charge is 0.494 e. The van der Waals surface area contributed by atoms with Crippen molar-refractivity contribution in [3.63, 3.8) is 0 Å². The lowest BCUT2D eigenvalue weighted by molar-refractivity contribution is -0.116. The van der Waals surface area contributed by atoms with Crippen molar-refractivity contribution in [2.24, 2.45) is 0 Å². The molecule has 0 aliphatic heterocycles. The van der Waals surface area contributed by atoms with Crippen LogP contribution in [-0.4, -0.2) is 12.5 Å². The van der Waals surface area contributed by atoms with Crippen LogP contribution in [0, 0.1) is 13.8 Å². The van der Waals surface area contributed by atoms with E-state index in [4.69, 9.17) is 4.74 Å². The summed E-state index contributed by atoms with van der Waals surface area (Å²) >= 11 is 1.62. The van der Waals surface area contributed by atoms with Gasteiger partial charge < -0.3 is 10.1 Å². The van der Waals surface area contributed by atoms with E-state index in [2.05, 4.69) is 19.2 Å². The summed E-state index contributed by atoms with van der Waals surface area (Å²) in [7, 11) is 0. The lowest BCUT2D eigenvalue weighted by Crippen LogP contribution is -2.11. The smallest absolute Gasteiger partial charge is 0.225 e. The molecule has 4 heteroatoms. The van der Waals surface area contributed by atoms with Gasteiger partial charge in [-0.1, -0.05) is 18.2 Å². The Morgan fingerprint density at radius 3 is 2.65 bits per heavy atom. The molecule has 1 amide bonds.